The highest BCUT2D eigenvalue weighted by molar-refractivity contribution is 7.98. The number of nitrogens with two attached hydrogens (primary N) is 1. The van der Waals surface area contributed by atoms with Crippen LogP contribution in [0.25, 0.3) is 22.3 Å². The van der Waals surface area contributed by atoms with Crippen LogP contribution in [0.1, 0.15) is 32.0 Å². The van der Waals surface area contributed by atoms with Crippen LogP contribution in [-0.2, 0) is 6.54 Å². The molecule has 4 rings (SSSR count). The van der Waals surface area contributed by atoms with Crippen LogP contribution in [0.4, 0.5) is 0 Å². The Balaban J connectivity index is 1.52. The number of amides is 2. The summed E-state index contributed by atoms with van der Waals surface area (Å²) in [7, 11) is 0. The van der Waals surface area contributed by atoms with Crippen LogP contribution < -0.4 is 11.1 Å². The van der Waals surface area contributed by atoms with Crippen molar-refractivity contribution < 1.29 is 9.59 Å². The van der Waals surface area contributed by atoms with E-state index in [0.717, 1.165) is 38.4 Å². The van der Waals surface area contributed by atoms with Gasteiger partial charge < -0.3 is 11.1 Å². The van der Waals surface area contributed by atoms with Gasteiger partial charge in [0.25, 0.3) is 5.91 Å². The Morgan fingerprint density at radius 1 is 0.853 bits per heavy atom. The fourth-order valence-electron chi connectivity index (χ4n) is 3.72. The predicted octanol–water partition coefficient (Wildman–Crippen LogP) is 5.47. The highest BCUT2D eigenvalue weighted by Crippen LogP contribution is 2.27. The van der Waals surface area contributed by atoms with Crippen molar-refractivity contribution in [3.05, 3.63) is 107 Å². The molecule has 4 aromatic rings. The van der Waals surface area contributed by atoms with Gasteiger partial charge in [0.1, 0.15) is 0 Å². The van der Waals surface area contributed by atoms with Gasteiger partial charge in [0.15, 0.2) is 0 Å². The van der Waals surface area contributed by atoms with Gasteiger partial charge in [-0.15, -0.1) is 11.8 Å². The van der Waals surface area contributed by atoms with E-state index in [4.69, 9.17) is 5.73 Å². The van der Waals surface area contributed by atoms with E-state index >= 15 is 0 Å². The maximum Gasteiger partial charge on any atom is 0.251 e. The van der Waals surface area contributed by atoms with E-state index < -0.39 is 5.91 Å². The first kappa shape index (κ1) is 23.3. The first-order valence-corrected chi connectivity index (χ1v) is 12.1. The Kier molecular flexibility index (Phi) is 7.09. The number of carbonyl (C=O) groups is 2. The molecule has 0 aliphatic carbocycles. The van der Waals surface area contributed by atoms with Gasteiger partial charge in [-0.2, -0.15) is 0 Å². The summed E-state index contributed by atoms with van der Waals surface area (Å²) >= 11 is 1.63. The molecule has 0 fully saturated rings. The summed E-state index contributed by atoms with van der Waals surface area (Å²) in [6.07, 6.45) is 3.75. The lowest BCUT2D eigenvalue weighted by Gasteiger charge is -2.10. The van der Waals surface area contributed by atoms with Crippen LogP contribution in [0.15, 0.2) is 90.0 Å². The number of hydrogen-bond acceptors (Lipinski definition) is 4. The van der Waals surface area contributed by atoms with Crippen molar-refractivity contribution in [2.75, 3.05) is 6.26 Å². The minimum atomic E-state index is -0.450. The lowest BCUT2D eigenvalue weighted by molar-refractivity contribution is 0.0949. The Bertz CT molecular complexity index is 1370. The number of pyridine rings is 1. The molecule has 0 bridgehead atoms. The van der Waals surface area contributed by atoms with Gasteiger partial charge in [-0.3, -0.25) is 14.6 Å². The summed E-state index contributed by atoms with van der Waals surface area (Å²) in [5.74, 6) is -0.576. The van der Waals surface area contributed by atoms with Crippen LogP contribution in [0.3, 0.4) is 0 Å². The Morgan fingerprint density at radius 3 is 2.24 bits per heavy atom. The van der Waals surface area contributed by atoms with E-state index in [0.29, 0.717) is 17.7 Å². The normalized spacial score (nSPS) is 10.6. The molecule has 5 nitrogen and oxygen atoms in total. The molecule has 0 radical (unpaired) electrons. The third-order valence-corrected chi connectivity index (χ3v) is 6.47. The fourth-order valence-corrected chi connectivity index (χ4v) is 4.35. The highest BCUT2D eigenvalue weighted by Gasteiger charge is 2.10. The zero-order valence-corrected chi connectivity index (χ0v) is 19.9. The molecule has 0 unspecified atom stereocenters. The second-order valence-electron chi connectivity index (χ2n) is 7.93. The number of carbonyl (C=O) groups excluding carboxylic acids is 2. The zero-order chi connectivity index (χ0) is 24.1. The van der Waals surface area contributed by atoms with Crippen molar-refractivity contribution in [2.24, 2.45) is 5.73 Å². The number of aromatic nitrogens is 1. The van der Waals surface area contributed by atoms with Gasteiger partial charge in [0, 0.05) is 22.2 Å². The number of nitrogens with zero attached hydrogens (tertiary/aromatic N) is 1. The number of hydrogen-bond donors (Lipinski definition) is 2. The van der Waals surface area contributed by atoms with Crippen molar-refractivity contribution in [2.45, 2.75) is 18.4 Å². The molecule has 2 amide bonds. The zero-order valence-electron chi connectivity index (χ0n) is 19.0. The average Bonchev–Trinajstić information content (AvgIpc) is 2.88. The summed E-state index contributed by atoms with van der Waals surface area (Å²) in [6.45, 7) is 2.36. The van der Waals surface area contributed by atoms with Gasteiger partial charge in [0.2, 0.25) is 5.91 Å². The van der Waals surface area contributed by atoms with Crippen molar-refractivity contribution >= 4 is 23.6 Å². The average molecular weight is 468 g/mol. The van der Waals surface area contributed by atoms with Gasteiger partial charge >= 0.3 is 0 Å². The predicted molar refractivity (Wildman–Crippen MR) is 138 cm³/mol. The molecule has 1 aromatic heterocycles. The molecule has 6 heteroatoms. The van der Waals surface area contributed by atoms with Crippen LogP contribution in [0.2, 0.25) is 0 Å². The van der Waals surface area contributed by atoms with E-state index in [9.17, 15) is 9.59 Å². The second kappa shape index (κ2) is 10.4. The van der Waals surface area contributed by atoms with E-state index in [1.54, 1.807) is 30.1 Å². The standard InChI is InChI=1S/C28H25N3O2S/c1-18-9-10-24(16-26(18)34-2)28(33)31-17-25-15-22(11-12-30-25)20-6-3-5-19(13-20)21-7-4-8-23(14-21)27(29)32/h3-16H,17H2,1-2H3,(H2,29,32)(H,31,33). The highest BCUT2D eigenvalue weighted by atomic mass is 32.2. The Hall–Kier alpha value is -3.90. The second-order valence-corrected chi connectivity index (χ2v) is 8.78. The number of primary amides is 1. The van der Waals surface area contributed by atoms with Gasteiger partial charge in [-0.05, 0) is 83.5 Å². The molecular formula is C28H25N3O2S. The fraction of sp³-hybridized carbons (Fsp3) is 0.107. The summed E-state index contributed by atoms with van der Waals surface area (Å²) < 4.78 is 0. The Morgan fingerprint density at radius 2 is 1.53 bits per heavy atom. The maximum atomic E-state index is 12.6. The Labute approximate surface area is 203 Å². The number of thioether (sulfide) groups is 1. The number of rotatable bonds is 7. The molecule has 3 N–H and O–H groups in total. The molecule has 0 saturated heterocycles. The smallest absolute Gasteiger partial charge is 0.251 e. The number of benzene rings is 3. The van der Waals surface area contributed by atoms with Crippen LogP contribution >= 0.6 is 11.8 Å². The third kappa shape index (κ3) is 5.35. The number of nitrogens with one attached hydrogen (secondary N) is 1. The molecule has 0 spiro atoms. The summed E-state index contributed by atoms with van der Waals surface area (Å²) in [5.41, 5.74) is 12.4. The van der Waals surface area contributed by atoms with Gasteiger partial charge in [-0.1, -0.05) is 36.4 Å². The van der Waals surface area contributed by atoms with Crippen molar-refractivity contribution in [3.63, 3.8) is 0 Å². The molecule has 0 saturated carbocycles. The van der Waals surface area contributed by atoms with Crippen molar-refractivity contribution in [1.29, 1.82) is 0 Å². The largest absolute Gasteiger partial charge is 0.366 e. The van der Waals surface area contributed by atoms with Crippen LogP contribution in [-0.4, -0.2) is 23.1 Å². The molecule has 1 heterocycles. The van der Waals surface area contributed by atoms with E-state index in [-0.39, 0.29) is 5.91 Å². The van der Waals surface area contributed by atoms with Crippen molar-refractivity contribution in [1.82, 2.24) is 10.3 Å². The van der Waals surface area contributed by atoms with Crippen LogP contribution in [0.5, 0.6) is 0 Å². The summed E-state index contributed by atoms with van der Waals surface area (Å²) in [5, 5.41) is 2.96. The SMILES string of the molecule is CSc1cc(C(=O)NCc2cc(-c3cccc(-c4cccc(C(N)=O)c4)c3)ccn2)ccc1C. The molecule has 0 aliphatic rings. The lowest BCUT2D eigenvalue weighted by Crippen LogP contribution is -2.23. The first-order valence-electron chi connectivity index (χ1n) is 10.8. The minimum absolute atomic E-state index is 0.126. The molecule has 0 aliphatic heterocycles. The molecule has 170 valence electrons. The van der Waals surface area contributed by atoms with E-state index in [2.05, 4.69) is 16.4 Å². The first-order chi connectivity index (χ1) is 16.4. The van der Waals surface area contributed by atoms with E-state index in [1.807, 2.05) is 73.8 Å². The summed E-state index contributed by atoms with van der Waals surface area (Å²) in [4.78, 5) is 29.7. The monoisotopic (exact) mass is 467 g/mol. The topological polar surface area (TPSA) is 85.1 Å². The summed E-state index contributed by atoms with van der Waals surface area (Å²) in [6, 6.07) is 25.0. The minimum Gasteiger partial charge on any atom is -0.366 e. The van der Waals surface area contributed by atoms with Gasteiger partial charge in [0.05, 0.1) is 12.2 Å². The third-order valence-electron chi connectivity index (χ3n) is 5.59. The molecule has 34 heavy (non-hydrogen) atoms. The van der Waals surface area contributed by atoms with Crippen molar-refractivity contribution in [3.8, 4) is 22.3 Å². The van der Waals surface area contributed by atoms with Gasteiger partial charge in [-0.25, -0.2) is 0 Å². The number of aryl methyl sites for hydroxylation is 1. The van der Waals surface area contributed by atoms with Crippen LogP contribution in [0, 0.1) is 6.92 Å². The maximum absolute atomic E-state index is 12.6. The quantitative estimate of drug-likeness (QED) is 0.353. The molecule has 0 atom stereocenters. The van der Waals surface area contributed by atoms with E-state index in [1.165, 1.54) is 0 Å². The molecule has 3 aromatic carbocycles. The lowest BCUT2D eigenvalue weighted by atomic mass is 9.98. The molecular weight excluding hydrogens is 442 g/mol.